The van der Waals surface area contributed by atoms with E-state index in [9.17, 15) is 15.2 Å². The normalized spacial score (nSPS) is 14.8. The van der Waals surface area contributed by atoms with Crippen LogP contribution in [0.4, 0.5) is 5.69 Å². The van der Waals surface area contributed by atoms with Crippen LogP contribution in [0.5, 0.6) is 0 Å². The average Bonchev–Trinajstić information content (AvgIpc) is 2.35. The molecule has 0 aliphatic rings. The molecule has 0 saturated heterocycles. The Bertz CT molecular complexity index is 423. The van der Waals surface area contributed by atoms with Gasteiger partial charge >= 0.3 is 49.6 Å². The van der Waals surface area contributed by atoms with Crippen molar-refractivity contribution in [1.29, 1.82) is 0 Å². The molecule has 0 saturated carbocycles. The summed E-state index contributed by atoms with van der Waals surface area (Å²) in [5.41, 5.74) is 5.81. The van der Waals surface area contributed by atoms with E-state index in [2.05, 4.69) is 0 Å². The SMILES string of the molecule is NC(CO)C(O)c1ccc([N+](=O)[O-])cc1.[Cl][Pd]([Cl])([Cl])[Cl]. The summed E-state index contributed by atoms with van der Waals surface area (Å²) in [6.07, 6.45) is -1.02. The van der Waals surface area contributed by atoms with Gasteiger partial charge in [0, 0.05) is 12.1 Å². The van der Waals surface area contributed by atoms with Crippen molar-refractivity contribution in [2.75, 3.05) is 6.61 Å². The summed E-state index contributed by atoms with van der Waals surface area (Å²) in [6, 6.07) is 4.61. The van der Waals surface area contributed by atoms with Crippen LogP contribution >= 0.6 is 38.1 Å². The van der Waals surface area contributed by atoms with Gasteiger partial charge in [0.2, 0.25) is 0 Å². The number of hydrogen-bond donors (Lipinski definition) is 3. The minimum atomic E-state index is -2.81. The number of aliphatic hydroxyl groups is 2. The number of halogens is 4. The Hall–Kier alpha value is 0.322. The standard InChI is InChI=1S/C9H12N2O4.4ClH.Pd/c10-8(5-12)9(13)6-1-3-7(4-2-6)11(14)15;;;;;/h1-4,8-9,12-13H,5,10H2;4*1H;/q;;;;;+4/p-4. The molecule has 0 heterocycles. The number of nitrogens with two attached hydrogens (primary N) is 1. The van der Waals surface area contributed by atoms with Gasteiger partial charge in [-0.2, -0.15) is 0 Å². The summed E-state index contributed by atoms with van der Waals surface area (Å²) < 4.78 is 0. The van der Waals surface area contributed by atoms with Gasteiger partial charge in [0.1, 0.15) is 0 Å². The van der Waals surface area contributed by atoms with Crippen LogP contribution in [0.1, 0.15) is 11.7 Å². The van der Waals surface area contributed by atoms with Crippen LogP contribution in [-0.4, -0.2) is 27.8 Å². The molecule has 4 N–H and O–H groups in total. The van der Waals surface area contributed by atoms with Gasteiger partial charge in [-0.25, -0.2) is 0 Å². The van der Waals surface area contributed by atoms with Crippen molar-refractivity contribution < 1.29 is 26.6 Å². The molecule has 0 spiro atoms. The third-order valence-corrected chi connectivity index (χ3v) is 2.06. The zero-order valence-electron chi connectivity index (χ0n) is 9.73. The van der Waals surface area contributed by atoms with Gasteiger partial charge in [0.05, 0.1) is 23.7 Å². The van der Waals surface area contributed by atoms with Crippen LogP contribution in [0, 0.1) is 10.1 Å². The Morgan fingerprint density at radius 3 is 1.95 bits per heavy atom. The summed E-state index contributed by atoms with van der Waals surface area (Å²) >= 11 is -2.81. The van der Waals surface area contributed by atoms with Gasteiger partial charge in [-0.05, 0) is 17.7 Å². The number of hydrogen-bond acceptors (Lipinski definition) is 5. The molecule has 0 aliphatic carbocycles. The maximum absolute atomic E-state index is 10.4. The summed E-state index contributed by atoms with van der Waals surface area (Å²) in [5.74, 6) is 0. The molecule has 0 radical (unpaired) electrons. The molecule has 11 heteroatoms. The molecule has 0 aromatic heterocycles. The van der Waals surface area contributed by atoms with Gasteiger partial charge < -0.3 is 15.9 Å². The molecular weight excluding hydrogens is 448 g/mol. The van der Waals surface area contributed by atoms with Gasteiger partial charge in [-0.3, -0.25) is 10.1 Å². The van der Waals surface area contributed by atoms with Crippen LogP contribution in [-0.2, 0) is 11.5 Å². The number of nitro benzene ring substituents is 1. The molecule has 0 fully saturated rings. The van der Waals surface area contributed by atoms with Crippen LogP contribution in [0.25, 0.3) is 0 Å². The molecule has 0 aliphatic heterocycles. The molecule has 1 rings (SSSR count). The van der Waals surface area contributed by atoms with Crippen LogP contribution in [0.15, 0.2) is 24.3 Å². The van der Waals surface area contributed by atoms with Gasteiger partial charge in [-0.15, -0.1) is 0 Å². The van der Waals surface area contributed by atoms with Crippen molar-refractivity contribution in [2.45, 2.75) is 12.1 Å². The number of non-ortho nitro benzene ring substituents is 1. The zero-order chi connectivity index (χ0) is 15.9. The maximum atomic E-state index is 10.4. The van der Waals surface area contributed by atoms with E-state index in [-0.39, 0.29) is 12.3 Å². The number of nitrogens with zero attached hydrogens (tertiary/aromatic N) is 1. The molecule has 0 bridgehead atoms. The van der Waals surface area contributed by atoms with Crippen LogP contribution in [0.2, 0.25) is 0 Å². The van der Waals surface area contributed by atoms with Crippen molar-refractivity contribution in [3.63, 3.8) is 0 Å². The van der Waals surface area contributed by atoms with E-state index in [1.54, 1.807) is 0 Å². The molecule has 1 aromatic rings. The molecular formula is C9H12Cl4N2O4Pd. The van der Waals surface area contributed by atoms with Crippen LogP contribution in [0.3, 0.4) is 0 Å². The van der Waals surface area contributed by atoms with Gasteiger partial charge in [-0.1, -0.05) is 0 Å². The fourth-order valence-electron chi connectivity index (χ4n) is 1.14. The number of aliphatic hydroxyl groups excluding tert-OH is 2. The third kappa shape index (κ3) is 9.29. The Morgan fingerprint density at radius 1 is 1.25 bits per heavy atom. The number of nitro groups is 1. The zero-order valence-corrected chi connectivity index (χ0v) is 14.3. The number of benzene rings is 1. The first-order chi connectivity index (χ1) is 9.06. The van der Waals surface area contributed by atoms with E-state index in [4.69, 9.17) is 49.0 Å². The van der Waals surface area contributed by atoms with E-state index in [1.807, 2.05) is 0 Å². The van der Waals surface area contributed by atoms with Gasteiger partial charge in [0.25, 0.3) is 5.69 Å². The van der Waals surface area contributed by atoms with Gasteiger partial charge in [0.15, 0.2) is 0 Å². The first-order valence-electron chi connectivity index (χ1n) is 4.83. The second-order valence-electron chi connectivity index (χ2n) is 3.41. The predicted octanol–water partition coefficient (Wildman–Crippen LogP) is 2.70. The fraction of sp³-hybridized carbons (Fsp3) is 0.333. The monoisotopic (exact) mass is 458 g/mol. The molecule has 1 aromatic carbocycles. The minimum absolute atomic E-state index is 0.0523. The van der Waals surface area contributed by atoms with Crippen molar-refractivity contribution in [2.24, 2.45) is 5.73 Å². The first kappa shape index (κ1) is 20.3. The molecule has 0 amide bonds. The van der Waals surface area contributed by atoms with Crippen molar-refractivity contribution >= 4 is 43.8 Å². The third-order valence-electron chi connectivity index (χ3n) is 2.06. The summed E-state index contributed by atoms with van der Waals surface area (Å²) in [7, 11) is 19.9. The first-order valence-corrected chi connectivity index (χ1v) is 12.8. The Balaban J connectivity index is 0.000000621. The molecule has 120 valence electrons. The second kappa shape index (κ2) is 9.36. The summed E-state index contributed by atoms with van der Waals surface area (Å²) in [4.78, 5) is 9.82. The van der Waals surface area contributed by atoms with E-state index in [0.717, 1.165) is 0 Å². The Labute approximate surface area is 134 Å². The fourth-order valence-corrected chi connectivity index (χ4v) is 1.14. The topological polar surface area (TPSA) is 110 Å². The van der Waals surface area contributed by atoms with Crippen molar-refractivity contribution in [3.05, 3.63) is 39.9 Å². The molecule has 20 heavy (non-hydrogen) atoms. The van der Waals surface area contributed by atoms with Crippen LogP contribution < -0.4 is 5.73 Å². The summed E-state index contributed by atoms with van der Waals surface area (Å²) in [5, 5.41) is 28.6. The van der Waals surface area contributed by atoms with E-state index in [0.29, 0.717) is 5.56 Å². The van der Waals surface area contributed by atoms with E-state index in [1.165, 1.54) is 24.3 Å². The number of rotatable bonds is 4. The molecule has 2 unspecified atom stereocenters. The predicted molar refractivity (Wildman–Crippen MR) is 76.5 cm³/mol. The van der Waals surface area contributed by atoms with Crippen molar-refractivity contribution in [1.82, 2.24) is 0 Å². The average molecular weight is 460 g/mol. The quantitative estimate of drug-likeness (QED) is 0.364. The summed E-state index contributed by atoms with van der Waals surface area (Å²) in [6.45, 7) is -0.349. The molecule has 2 atom stereocenters. The van der Waals surface area contributed by atoms with E-state index < -0.39 is 28.5 Å². The van der Waals surface area contributed by atoms with Crippen molar-refractivity contribution in [3.8, 4) is 0 Å². The molecule has 6 nitrogen and oxygen atoms in total. The Morgan fingerprint density at radius 2 is 1.65 bits per heavy atom. The second-order valence-corrected chi connectivity index (χ2v) is 17.6. The Kier molecular flexibility index (Phi) is 9.51. The van der Waals surface area contributed by atoms with E-state index >= 15 is 0 Å².